The fraction of sp³-hybridized carbons (Fsp3) is 1.00. The van der Waals surface area contributed by atoms with Crippen LogP contribution in [0.2, 0.25) is 0 Å². The Morgan fingerprint density at radius 1 is 1.26 bits per heavy atom. The fourth-order valence-corrected chi connectivity index (χ4v) is 2.75. The zero-order chi connectivity index (χ0) is 14.0. The van der Waals surface area contributed by atoms with Crippen LogP contribution in [0.15, 0.2) is 0 Å². The molecule has 2 saturated heterocycles. The number of aliphatic hydroxyl groups excluding tert-OH is 1. The molecule has 0 saturated carbocycles. The Morgan fingerprint density at radius 3 is 2.53 bits per heavy atom. The molecular weight excluding hydrogens is 250 g/mol. The average Bonchev–Trinajstić information content (AvgIpc) is 2.83. The van der Waals surface area contributed by atoms with Crippen LogP contribution < -0.4 is 0 Å². The lowest BCUT2D eigenvalue weighted by atomic mass is 10.1. The van der Waals surface area contributed by atoms with E-state index in [-0.39, 0.29) is 31.2 Å². The van der Waals surface area contributed by atoms with Gasteiger partial charge < -0.3 is 24.1 Å². The number of methoxy groups -OCH3 is 1. The SMILES string of the molecule is CCN(CCO)C[C@H]1O[C@@H](OC)[C@H]2OC(C)(C)O[C@@H]21. The number of aliphatic hydroxyl groups is 1. The molecule has 2 aliphatic rings. The zero-order valence-electron chi connectivity index (χ0n) is 12.2. The summed E-state index contributed by atoms with van der Waals surface area (Å²) in [6.07, 6.45) is -0.779. The van der Waals surface area contributed by atoms with E-state index in [1.54, 1.807) is 7.11 Å². The average molecular weight is 275 g/mol. The van der Waals surface area contributed by atoms with Gasteiger partial charge in [-0.3, -0.25) is 4.90 Å². The van der Waals surface area contributed by atoms with Crippen molar-refractivity contribution in [3.05, 3.63) is 0 Å². The van der Waals surface area contributed by atoms with Crippen LogP contribution in [0, 0.1) is 0 Å². The topological polar surface area (TPSA) is 60.4 Å². The minimum absolute atomic E-state index is 0.0942. The van der Waals surface area contributed by atoms with Gasteiger partial charge in [-0.1, -0.05) is 6.92 Å². The molecule has 0 bridgehead atoms. The van der Waals surface area contributed by atoms with Crippen molar-refractivity contribution >= 4 is 0 Å². The molecule has 0 aliphatic carbocycles. The molecule has 4 atom stereocenters. The number of hydrogen-bond donors (Lipinski definition) is 1. The van der Waals surface area contributed by atoms with Crippen LogP contribution in [0.5, 0.6) is 0 Å². The molecular formula is C13H25NO5. The fourth-order valence-electron chi connectivity index (χ4n) is 2.75. The number of fused-ring (bicyclic) bond motifs is 1. The van der Waals surface area contributed by atoms with Crippen LogP contribution in [-0.4, -0.2) is 73.7 Å². The van der Waals surface area contributed by atoms with Gasteiger partial charge in [0.05, 0.1) is 6.61 Å². The van der Waals surface area contributed by atoms with Gasteiger partial charge in [0.15, 0.2) is 12.1 Å². The monoisotopic (exact) mass is 275 g/mol. The molecule has 0 unspecified atom stereocenters. The molecule has 2 fully saturated rings. The van der Waals surface area contributed by atoms with Crippen LogP contribution in [0.4, 0.5) is 0 Å². The minimum Gasteiger partial charge on any atom is -0.395 e. The Morgan fingerprint density at radius 2 is 1.95 bits per heavy atom. The third kappa shape index (κ3) is 3.26. The first-order valence-corrected chi connectivity index (χ1v) is 6.88. The minimum atomic E-state index is -0.595. The van der Waals surface area contributed by atoms with E-state index < -0.39 is 5.79 Å². The number of hydrogen-bond acceptors (Lipinski definition) is 6. The molecule has 0 spiro atoms. The van der Waals surface area contributed by atoms with E-state index in [0.717, 1.165) is 6.54 Å². The lowest BCUT2D eigenvalue weighted by molar-refractivity contribution is -0.228. The Bertz CT molecular complexity index is 299. The summed E-state index contributed by atoms with van der Waals surface area (Å²) in [6.45, 7) is 8.21. The van der Waals surface area contributed by atoms with E-state index in [0.29, 0.717) is 13.1 Å². The van der Waals surface area contributed by atoms with Crippen molar-refractivity contribution in [2.45, 2.75) is 51.2 Å². The molecule has 0 aromatic heterocycles. The van der Waals surface area contributed by atoms with E-state index in [1.165, 1.54) is 0 Å². The van der Waals surface area contributed by atoms with Crippen LogP contribution in [0.3, 0.4) is 0 Å². The predicted molar refractivity (Wildman–Crippen MR) is 68.7 cm³/mol. The van der Waals surface area contributed by atoms with Crippen molar-refractivity contribution in [2.24, 2.45) is 0 Å². The summed E-state index contributed by atoms with van der Waals surface area (Å²) in [5.74, 6) is -0.595. The van der Waals surface area contributed by atoms with Crippen molar-refractivity contribution in [3.63, 3.8) is 0 Å². The summed E-state index contributed by atoms with van der Waals surface area (Å²) in [4.78, 5) is 2.13. The van der Waals surface area contributed by atoms with Gasteiger partial charge in [-0.05, 0) is 20.4 Å². The maximum Gasteiger partial charge on any atom is 0.186 e. The molecule has 0 aromatic rings. The Kier molecular flexibility index (Phi) is 4.81. The largest absolute Gasteiger partial charge is 0.395 e. The van der Waals surface area contributed by atoms with Crippen molar-refractivity contribution < 1.29 is 24.1 Å². The Balaban J connectivity index is 2.01. The van der Waals surface area contributed by atoms with Gasteiger partial charge in [0.1, 0.15) is 18.3 Å². The van der Waals surface area contributed by atoms with Gasteiger partial charge in [0.25, 0.3) is 0 Å². The van der Waals surface area contributed by atoms with Gasteiger partial charge in [-0.15, -0.1) is 0 Å². The number of likely N-dealkylation sites (N-methyl/N-ethyl adjacent to an activating group) is 1. The van der Waals surface area contributed by atoms with Crippen molar-refractivity contribution in [1.29, 1.82) is 0 Å². The van der Waals surface area contributed by atoms with Crippen molar-refractivity contribution in [3.8, 4) is 0 Å². The highest BCUT2D eigenvalue weighted by Gasteiger charge is 2.55. The molecule has 112 valence electrons. The third-order valence-corrected chi connectivity index (χ3v) is 3.64. The van der Waals surface area contributed by atoms with Crippen LogP contribution >= 0.6 is 0 Å². The molecule has 0 amide bonds. The normalized spacial score (nSPS) is 36.9. The van der Waals surface area contributed by atoms with Crippen molar-refractivity contribution in [1.82, 2.24) is 4.90 Å². The number of rotatable bonds is 6. The highest BCUT2D eigenvalue weighted by molar-refractivity contribution is 4.96. The van der Waals surface area contributed by atoms with Gasteiger partial charge >= 0.3 is 0 Å². The molecule has 6 heteroatoms. The van der Waals surface area contributed by atoms with E-state index in [2.05, 4.69) is 11.8 Å². The maximum absolute atomic E-state index is 9.05. The molecule has 2 rings (SSSR count). The van der Waals surface area contributed by atoms with Crippen molar-refractivity contribution in [2.75, 3.05) is 33.4 Å². The summed E-state index contributed by atoms with van der Waals surface area (Å²) in [5.41, 5.74) is 0. The second-order valence-corrected chi connectivity index (χ2v) is 5.46. The summed E-state index contributed by atoms with van der Waals surface area (Å²) in [7, 11) is 1.62. The quantitative estimate of drug-likeness (QED) is 0.747. The maximum atomic E-state index is 9.05. The van der Waals surface area contributed by atoms with E-state index in [1.807, 2.05) is 13.8 Å². The third-order valence-electron chi connectivity index (χ3n) is 3.64. The summed E-state index contributed by atoms with van der Waals surface area (Å²) in [5, 5.41) is 9.05. The summed E-state index contributed by atoms with van der Waals surface area (Å²) < 4.78 is 22.9. The molecule has 2 heterocycles. The first kappa shape index (κ1) is 15.2. The first-order chi connectivity index (χ1) is 9.00. The van der Waals surface area contributed by atoms with Gasteiger partial charge in [-0.25, -0.2) is 0 Å². The van der Waals surface area contributed by atoms with E-state index in [9.17, 15) is 0 Å². The molecule has 1 N–H and O–H groups in total. The zero-order valence-corrected chi connectivity index (χ0v) is 12.2. The van der Waals surface area contributed by atoms with Gasteiger partial charge in [-0.2, -0.15) is 0 Å². The van der Waals surface area contributed by atoms with E-state index in [4.69, 9.17) is 24.1 Å². The molecule has 6 nitrogen and oxygen atoms in total. The van der Waals surface area contributed by atoms with Crippen LogP contribution in [-0.2, 0) is 18.9 Å². The highest BCUT2D eigenvalue weighted by atomic mass is 16.8. The Labute approximate surface area is 114 Å². The lowest BCUT2D eigenvalue weighted by Crippen LogP contribution is -2.41. The molecule has 0 radical (unpaired) electrons. The highest BCUT2D eigenvalue weighted by Crippen LogP contribution is 2.39. The first-order valence-electron chi connectivity index (χ1n) is 6.88. The number of nitrogens with zero attached hydrogens (tertiary/aromatic N) is 1. The standard InChI is InChI=1S/C13H25NO5/c1-5-14(6-7-15)8-9-10-11(12(16-4)17-9)19-13(2,3)18-10/h9-12,15H,5-8H2,1-4H3/t9-,10-,11+,12-/m1/s1. The smallest absolute Gasteiger partial charge is 0.186 e. The number of ether oxygens (including phenoxy) is 4. The van der Waals surface area contributed by atoms with Gasteiger partial charge in [0, 0.05) is 20.2 Å². The summed E-state index contributed by atoms with van der Waals surface area (Å²) >= 11 is 0. The van der Waals surface area contributed by atoms with Gasteiger partial charge in [0.2, 0.25) is 0 Å². The summed E-state index contributed by atoms with van der Waals surface area (Å²) in [6, 6.07) is 0. The van der Waals surface area contributed by atoms with Crippen LogP contribution in [0.1, 0.15) is 20.8 Å². The van der Waals surface area contributed by atoms with Crippen LogP contribution in [0.25, 0.3) is 0 Å². The second kappa shape index (κ2) is 6.03. The Hall–Kier alpha value is -0.240. The van der Waals surface area contributed by atoms with E-state index >= 15 is 0 Å². The second-order valence-electron chi connectivity index (χ2n) is 5.46. The molecule has 2 aliphatic heterocycles. The molecule has 0 aromatic carbocycles. The predicted octanol–water partition coefficient (Wildman–Crippen LogP) is 0.192. The molecule has 19 heavy (non-hydrogen) atoms. The lowest BCUT2D eigenvalue weighted by Gasteiger charge is -2.27.